The SMILES string of the molecule is COC(=O)c1c(C)cc2c(CCl)n[nH]c(=O)c2c1C. The van der Waals surface area contributed by atoms with Crippen LogP contribution in [0.15, 0.2) is 10.9 Å². The van der Waals surface area contributed by atoms with E-state index in [1.807, 2.05) is 0 Å². The van der Waals surface area contributed by atoms with E-state index in [2.05, 4.69) is 10.2 Å². The minimum atomic E-state index is -0.458. The van der Waals surface area contributed by atoms with Crippen molar-refractivity contribution in [2.45, 2.75) is 19.7 Å². The minimum absolute atomic E-state index is 0.184. The molecule has 2 aromatic rings. The molecule has 1 heterocycles. The van der Waals surface area contributed by atoms with Gasteiger partial charge < -0.3 is 4.74 Å². The quantitative estimate of drug-likeness (QED) is 0.675. The van der Waals surface area contributed by atoms with Crippen LogP contribution in [-0.4, -0.2) is 23.3 Å². The Bertz CT molecular complexity index is 722. The molecule has 0 bridgehead atoms. The third kappa shape index (κ3) is 2.10. The average molecular weight is 281 g/mol. The van der Waals surface area contributed by atoms with Gasteiger partial charge in [-0.05, 0) is 31.0 Å². The van der Waals surface area contributed by atoms with Crippen molar-refractivity contribution in [3.8, 4) is 0 Å². The van der Waals surface area contributed by atoms with Gasteiger partial charge in [0.1, 0.15) is 0 Å². The van der Waals surface area contributed by atoms with E-state index in [0.29, 0.717) is 27.6 Å². The molecule has 0 atom stereocenters. The summed E-state index contributed by atoms with van der Waals surface area (Å²) >= 11 is 5.82. The topological polar surface area (TPSA) is 72.0 Å². The minimum Gasteiger partial charge on any atom is -0.465 e. The number of aryl methyl sites for hydroxylation is 2. The van der Waals surface area contributed by atoms with Crippen LogP contribution in [0.4, 0.5) is 0 Å². The summed E-state index contributed by atoms with van der Waals surface area (Å²) < 4.78 is 4.75. The van der Waals surface area contributed by atoms with Crippen LogP contribution in [0.25, 0.3) is 10.8 Å². The highest BCUT2D eigenvalue weighted by Crippen LogP contribution is 2.25. The average Bonchev–Trinajstić information content (AvgIpc) is 2.38. The van der Waals surface area contributed by atoms with Crippen LogP contribution in [0.3, 0.4) is 0 Å². The third-order valence-electron chi connectivity index (χ3n) is 3.12. The number of benzene rings is 1. The van der Waals surface area contributed by atoms with E-state index in [1.165, 1.54) is 7.11 Å². The molecule has 0 aliphatic carbocycles. The number of H-pyrrole nitrogens is 1. The lowest BCUT2D eigenvalue weighted by Gasteiger charge is -2.12. The fraction of sp³-hybridized carbons (Fsp3) is 0.308. The number of esters is 1. The zero-order chi connectivity index (χ0) is 14.2. The number of nitrogens with zero attached hydrogens (tertiary/aromatic N) is 1. The Morgan fingerprint density at radius 2 is 2.16 bits per heavy atom. The summed E-state index contributed by atoms with van der Waals surface area (Å²) in [5.41, 5.74) is 1.96. The second-order valence-electron chi connectivity index (χ2n) is 4.24. The van der Waals surface area contributed by atoms with Gasteiger partial charge >= 0.3 is 5.97 Å². The number of aromatic nitrogens is 2. The van der Waals surface area contributed by atoms with E-state index in [0.717, 1.165) is 5.56 Å². The molecule has 2 rings (SSSR count). The Morgan fingerprint density at radius 1 is 1.47 bits per heavy atom. The fourth-order valence-corrected chi connectivity index (χ4v) is 2.46. The van der Waals surface area contributed by atoms with Gasteiger partial charge in [0, 0.05) is 5.39 Å². The third-order valence-corrected chi connectivity index (χ3v) is 3.37. The lowest BCUT2D eigenvalue weighted by Crippen LogP contribution is -2.15. The molecular formula is C13H13ClN2O3. The van der Waals surface area contributed by atoms with Crippen molar-refractivity contribution in [1.29, 1.82) is 0 Å². The van der Waals surface area contributed by atoms with Crippen molar-refractivity contribution in [2.75, 3.05) is 7.11 Å². The summed E-state index contributed by atoms with van der Waals surface area (Å²) in [5, 5.41) is 7.41. The number of halogens is 1. The van der Waals surface area contributed by atoms with Gasteiger partial charge in [-0.2, -0.15) is 5.10 Å². The van der Waals surface area contributed by atoms with Gasteiger partial charge in [-0.15, -0.1) is 11.6 Å². The Labute approximate surface area is 114 Å². The van der Waals surface area contributed by atoms with Gasteiger partial charge in [-0.25, -0.2) is 9.89 Å². The van der Waals surface area contributed by atoms with E-state index in [4.69, 9.17) is 16.3 Å². The number of alkyl halides is 1. The predicted octanol–water partition coefficient (Wildman–Crippen LogP) is 2.07. The van der Waals surface area contributed by atoms with Crippen molar-refractivity contribution < 1.29 is 9.53 Å². The second-order valence-corrected chi connectivity index (χ2v) is 4.51. The van der Waals surface area contributed by atoms with Gasteiger partial charge in [0.05, 0.1) is 29.6 Å². The molecule has 0 saturated carbocycles. The van der Waals surface area contributed by atoms with Crippen molar-refractivity contribution in [3.63, 3.8) is 0 Å². The number of ether oxygens (including phenoxy) is 1. The number of nitrogens with one attached hydrogen (secondary N) is 1. The molecule has 0 radical (unpaired) electrons. The van der Waals surface area contributed by atoms with Gasteiger partial charge in [-0.3, -0.25) is 4.79 Å². The molecule has 1 aromatic carbocycles. The lowest BCUT2D eigenvalue weighted by atomic mass is 9.96. The van der Waals surface area contributed by atoms with Crippen molar-refractivity contribution >= 4 is 28.3 Å². The van der Waals surface area contributed by atoms with E-state index >= 15 is 0 Å². The largest absolute Gasteiger partial charge is 0.465 e. The maximum Gasteiger partial charge on any atom is 0.338 e. The second kappa shape index (κ2) is 5.01. The van der Waals surface area contributed by atoms with Gasteiger partial charge in [-0.1, -0.05) is 0 Å². The summed E-state index contributed by atoms with van der Waals surface area (Å²) in [7, 11) is 1.31. The number of hydrogen-bond acceptors (Lipinski definition) is 4. The van der Waals surface area contributed by atoms with Gasteiger partial charge in [0.2, 0.25) is 0 Å². The van der Waals surface area contributed by atoms with Crippen LogP contribution in [0.2, 0.25) is 0 Å². The molecule has 1 N–H and O–H groups in total. The molecular weight excluding hydrogens is 268 g/mol. The number of carbonyl (C=O) groups excluding carboxylic acids is 1. The summed E-state index contributed by atoms with van der Waals surface area (Å²) in [6.45, 7) is 3.51. The van der Waals surface area contributed by atoms with E-state index in [-0.39, 0.29) is 11.4 Å². The molecule has 1 aromatic heterocycles. The summed E-state index contributed by atoms with van der Waals surface area (Å²) in [4.78, 5) is 23.7. The van der Waals surface area contributed by atoms with E-state index < -0.39 is 5.97 Å². The monoisotopic (exact) mass is 280 g/mol. The number of fused-ring (bicyclic) bond motifs is 1. The summed E-state index contributed by atoms with van der Waals surface area (Å²) in [6, 6.07) is 1.74. The molecule has 0 spiro atoms. The molecule has 19 heavy (non-hydrogen) atoms. The molecule has 0 amide bonds. The maximum absolute atomic E-state index is 11.9. The molecule has 0 aliphatic heterocycles. The number of methoxy groups -OCH3 is 1. The van der Waals surface area contributed by atoms with Crippen LogP contribution in [0.5, 0.6) is 0 Å². The Kier molecular flexibility index (Phi) is 3.57. The number of hydrogen-bond donors (Lipinski definition) is 1. The first-order valence-corrected chi connectivity index (χ1v) is 6.20. The van der Waals surface area contributed by atoms with Crippen molar-refractivity contribution in [1.82, 2.24) is 10.2 Å². The number of carbonyl (C=O) groups is 1. The molecule has 6 heteroatoms. The predicted molar refractivity (Wildman–Crippen MR) is 72.7 cm³/mol. The first kappa shape index (κ1) is 13.5. The highest BCUT2D eigenvalue weighted by atomic mass is 35.5. The molecule has 0 fully saturated rings. The lowest BCUT2D eigenvalue weighted by molar-refractivity contribution is 0.0599. The first-order chi connectivity index (χ1) is 9.01. The Hall–Kier alpha value is -1.88. The van der Waals surface area contributed by atoms with Crippen molar-refractivity contribution in [2.24, 2.45) is 0 Å². The van der Waals surface area contributed by atoms with Gasteiger partial charge in [0.15, 0.2) is 0 Å². The summed E-state index contributed by atoms with van der Waals surface area (Å²) in [5.74, 6) is -0.274. The van der Waals surface area contributed by atoms with Crippen molar-refractivity contribution in [3.05, 3.63) is 38.8 Å². The van der Waals surface area contributed by atoms with Crippen LogP contribution in [0, 0.1) is 13.8 Å². The van der Waals surface area contributed by atoms with E-state index in [1.54, 1.807) is 19.9 Å². The van der Waals surface area contributed by atoms with Crippen LogP contribution in [0.1, 0.15) is 27.2 Å². The fourth-order valence-electron chi connectivity index (χ4n) is 2.26. The standard InChI is InChI=1S/C13H13ClN2O3/c1-6-4-8-9(5-14)15-16-12(17)11(8)7(2)10(6)13(18)19-3/h4H,5H2,1-3H3,(H,16,17). The maximum atomic E-state index is 11.9. The normalized spacial score (nSPS) is 10.7. The zero-order valence-electron chi connectivity index (χ0n) is 10.8. The number of aromatic amines is 1. The van der Waals surface area contributed by atoms with Crippen LogP contribution < -0.4 is 5.56 Å². The molecule has 5 nitrogen and oxygen atoms in total. The highest BCUT2D eigenvalue weighted by Gasteiger charge is 2.18. The molecule has 0 aliphatic rings. The smallest absolute Gasteiger partial charge is 0.338 e. The molecule has 100 valence electrons. The Balaban J connectivity index is 2.96. The van der Waals surface area contributed by atoms with E-state index in [9.17, 15) is 9.59 Å². The van der Waals surface area contributed by atoms with Crippen LogP contribution in [-0.2, 0) is 10.6 Å². The zero-order valence-corrected chi connectivity index (χ0v) is 11.6. The Morgan fingerprint density at radius 3 is 2.74 bits per heavy atom. The molecule has 0 unspecified atom stereocenters. The number of rotatable bonds is 2. The molecule has 0 saturated heterocycles. The van der Waals surface area contributed by atoms with Gasteiger partial charge in [0.25, 0.3) is 5.56 Å². The first-order valence-electron chi connectivity index (χ1n) is 5.67. The highest BCUT2D eigenvalue weighted by molar-refractivity contribution is 6.18. The van der Waals surface area contributed by atoms with Crippen LogP contribution >= 0.6 is 11.6 Å². The summed E-state index contributed by atoms with van der Waals surface area (Å²) in [6.07, 6.45) is 0.